The molecule has 0 unspecified atom stereocenters. The van der Waals surface area contributed by atoms with Gasteiger partial charge in [-0.05, 0) is 25.0 Å². The molecule has 1 fully saturated rings. The number of para-hydroxylation sites is 1. The van der Waals surface area contributed by atoms with Crippen LogP contribution in [0.3, 0.4) is 0 Å². The van der Waals surface area contributed by atoms with Crippen LogP contribution in [0.25, 0.3) is 22.5 Å². The van der Waals surface area contributed by atoms with Gasteiger partial charge in [0, 0.05) is 16.9 Å². The smallest absolute Gasteiger partial charge is 0.264 e. The number of hydrogen-bond acceptors (Lipinski definition) is 3. The Bertz CT molecular complexity index is 693. The quantitative estimate of drug-likeness (QED) is 0.697. The first-order valence-corrected chi connectivity index (χ1v) is 6.80. The van der Waals surface area contributed by atoms with Crippen LogP contribution in [-0.2, 0) is 0 Å². The molecule has 4 nitrogen and oxygen atoms in total. The molecule has 96 valence electrons. The molecule has 0 aliphatic heterocycles. The molecule has 1 saturated carbocycles. The van der Waals surface area contributed by atoms with Gasteiger partial charge < -0.3 is 8.98 Å². The van der Waals surface area contributed by atoms with Crippen molar-refractivity contribution in [3.63, 3.8) is 0 Å². The van der Waals surface area contributed by atoms with E-state index in [1.165, 1.54) is 43.0 Å². The van der Waals surface area contributed by atoms with E-state index in [-0.39, 0.29) is 0 Å². The van der Waals surface area contributed by atoms with E-state index in [1.54, 1.807) is 0 Å². The van der Waals surface area contributed by atoms with Crippen LogP contribution in [0.4, 0.5) is 0 Å². The van der Waals surface area contributed by atoms with Gasteiger partial charge in [0.2, 0.25) is 6.39 Å². The monoisotopic (exact) mass is 253 g/mol. The summed E-state index contributed by atoms with van der Waals surface area (Å²) in [7, 11) is 0. The van der Waals surface area contributed by atoms with Gasteiger partial charge in [-0.25, -0.2) is 0 Å². The van der Waals surface area contributed by atoms with Crippen LogP contribution in [0.2, 0.25) is 0 Å². The van der Waals surface area contributed by atoms with E-state index >= 15 is 0 Å². The number of aromatic nitrogens is 3. The summed E-state index contributed by atoms with van der Waals surface area (Å²) in [6, 6.07) is 11.2. The average Bonchev–Trinajstić information content (AvgIpc) is 3.17. The average molecular weight is 253 g/mol. The molecule has 1 aromatic carbocycles. The van der Waals surface area contributed by atoms with Crippen molar-refractivity contribution in [3.05, 3.63) is 36.7 Å². The maximum Gasteiger partial charge on any atom is 0.264 e. The minimum atomic E-state index is 0.557. The van der Waals surface area contributed by atoms with Crippen molar-refractivity contribution in [2.45, 2.75) is 31.7 Å². The highest BCUT2D eigenvalue weighted by molar-refractivity contribution is 5.85. The highest BCUT2D eigenvalue weighted by atomic mass is 16.4. The number of fused-ring (bicyclic) bond motifs is 1. The zero-order valence-corrected chi connectivity index (χ0v) is 10.6. The molecular formula is C15H15N3O. The molecule has 0 bridgehead atoms. The SMILES string of the molecule is c1ccc2c(c1)cc(-c1nnco1)n2C1CCCC1. The van der Waals surface area contributed by atoms with Crippen molar-refractivity contribution in [3.8, 4) is 11.6 Å². The minimum absolute atomic E-state index is 0.557. The molecule has 1 aliphatic carbocycles. The van der Waals surface area contributed by atoms with Gasteiger partial charge in [0.05, 0.1) is 0 Å². The summed E-state index contributed by atoms with van der Waals surface area (Å²) in [6.07, 6.45) is 6.48. The first kappa shape index (κ1) is 10.8. The van der Waals surface area contributed by atoms with E-state index in [1.807, 2.05) is 0 Å². The van der Waals surface area contributed by atoms with E-state index < -0.39 is 0 Å². The maximum atomic E-state index is 5.41. The lowest BCUT2D eigenvalue weighted by Crippen LogP contribution is -2.06. The fourth-order valence-corrected chi connectivity index (χ4v) is 3.18. The number of nitrogens with zero attached hydrogens (tertiary/aromatic N) is 3. The first-order chi connectivity index (χ1) is 9.43. The second-order valence-electron chi connectivity index (χ2n) is 5.14. The van der Waals surface area contributed by atoms with Gasteiger partial charge in [-0.2, -0.15) is 0 Å². The lowest BCUT2D eigenvalue weighted by atomic mass is 10.2. The number of benzene rings is 1. The van der Waals surface area contributed by atoms with E-state index in [4.69, 9.17) is 4.42 Å². The predicted octanol–water partition coefficient (Wildman–Crippen LogP) is 3.81. The topological polar surface area (TPSA) is 43.9 Å². The molecule has 4 rings (SSSR count). The van der Waals surface area contributed by atoms with Crippen molar-refractivity contribution in [2.24, 2.45) is 0 Å². The predicted molar refractivity (Wildman–Crippen MR) is 72.7 cm³/mol. The van der Waals surface area contributed by atoms with Crippen molar-refractivity contribution in [2.75, 3.05) is 0 Å². The Morgan fingerprint density at radius 2 is 2.00 bits per heavy atom. The number of hydrogen-bond donors (Lipinski definition) is 0. The Balaban J connectivity index is 1.98. The van der Waals surface area contributed by atoms with Crippen LogP contribution in [-0.4, -0.2) is 14.8 Å². The summed E-state index contributed by atoms with van der Waals surface area (Å²) in [5, 5.41) is 9.12. The largest absolute Gasteiger partial charge is 0.422 e. The Kier molecular flexibility index (Phi) is 2.40. The molecule has 0 N–H and O–H groups in total. The summed E-state index contributed by atoms with van der Waals surface area (Å²) in [5.74, 6) is 0.614. The zero-order valence-electron chi connectivity index (χ0n) is 10.6. The Labute approximate surface area is 111 Å². The fourth-order valence-electron chi connectivity index (χ4n) is 3.18. The summed E-state index contributed by atoms with van der Waals surface area (Å²) in [5.41, 5.74) is 2.31. The molecule has 4 heteroatoms. The van der Waals surface area contributed by atoms with E-state index in [0.717, 1.165) is 5.69 Å². The minimum Gasteiger partial charge on any atom is -0.422 e. The Hall–Kier alpha value is -2.10. The van der Waals surface area contributed by atoms with Crippen LogP contribution in [0.5, 0.6) is 0 Å². The van der Waals surface area contributed by atoms with Crippen molar-refractivity contribution >= 4 is 10.9 Å². The molecule has 0 spiro atoms. The molecule has 2 aromatic heterocycles. The molecule has 0 amide bonds. The normalized spacial score (nSPS) is 16.4. The molecule has 19 heavy (non-hydrogen) atoms. The molecule has 0 saturated heterocycles. The summed E-state index contributed by atoms with van der Waals surface area (Å²) in [4.78, 5) is 0. The highest BCUT2D eigenvalue weighted by Gasteiger charge is 2.23. The van der Waals surface area contributed by atoms with Gasteiger partial charge in [0.1, 0.15) is 5.69 Å². The summed E-state index contributed by atoms with van der Waals surface area (Å²) in [6.45, 7) is 0. The van der Waals surface area contributed by atoms with Crippen molar-refractivity contribution in [1.82, 2.24) is 14.8 Å². The second-order valence-corrected chi connectivity index (χ2v) is 5.14. The van der Waals surface area contributed by atoms with E-state index in [0.29, 0.717) is 11.9 Å². The lowest BCUT2D eigenvalue weighted by Gasteiger charge is -2.16. The van der Waals surface area contributed by atoms with Gasteiger partial charge in [-0.1, -0.05) is 31.0 Å². The van der Waals surface area contributed by atoms with Crippen LogP contribution >= 0.6 is 0 Å². The van der Waals surface area contributed by atoms with Gasteiger partial charge >= 0.3 is 0 Å². The molecule has 1 aliphatic rings. The molecular weight excluding hydrogens is 238 g/mol. The van der Waals surface area contributed by atoms with Crippen LogP contribution in [0.1, 0.15) is 31.7 Å². The third kappa shape index (κ3) is 1.67. The maximum absolute atomic E-state index is 5.41. The second kappa shape index (κ2) is 4.23. The number of rotatable bonds is 2. The Morgan fingerprint density at radius 1 is 1.16 bits per heavy atom. The van der Waals surface area contributed by atoms with E-state index in [9.17, 15) is 0 Å². The van der Waals surface area contributed by atoms with Gasteiger partial charge in [-0.3, -0.25) is 0 Å². The van der Waals surface area contributed by atoms with Gasteiger partial charge in [0.25, 0.3) is 5.89 Å². The fraction of sp³-hybridized carbons (Fsp3) is 0.333. The van der Waals surface area contributed by atoms with Gasteiger partial charge in [-0.15, -0.1) is 10.2 Å². The van der Waals surface area contributed by atoms with E-state index in [2.05, 4.69) is 45.1 Å². The standard InChI is InChI=1S/C15H15N3O/c1-4-8-13-11(5-1)9-14(15-17-16-10-19-15)18(13)12-6-2-3-7-12/h1,4-5,8-10,12H,2-3,6-7H2. The van der Waals surface area contributed by atoms with Crippen LogP contribution < -0.4 is 0 Å². The first-order valence-electron chi connectivity index (χ1n) is 6.80. The van der Waals surface area contributed by atoms with Crippen LogP contribution in [0, 0.1) is 0 Å². The highest BCUT2D eigenvalue weighted by Crippen LogP contribution is 2.37. The van der Waals surface area contributed by atoms with Crippen molar-refractivity contribution in [1.29, 1.82) is 0 Å². The Morgan fingerprint density at radius 3 is 2.79 bits per heavy atom. The summed E-state index contributed by atoms with van der Waals surface area (Å²) >= 11 is 0. The third-order valence-electron chi connectivity index (χ3n) is 4.02. The van der Waals surface area contributed by atoms with Crippen molar-refractivity contribution < 1.29 is 4.42 Å². The molecule has 2 heterocycles. The molecule has 3 aromatic rings. The lowest BCUT2D eigenvalue weighted by molar-refractivity contribution is 0.518. The molecule has 0 atom stereocenters. The zero-order chi connectivity index (χ0) is 12.7. The van der Waals surface area contributed by atoms with Gasteiger partial charge in [0.15, 0.2) is 0 Å². The molecule has 0 radical (unpaired) electrons. The third-order valence-corrected chi connectivity index (χ3v) is 4.02. The summed E-state index contributed by atoms with van der Waals surface area (Å²) < 4.78 is 7.79. The van der Waals surface area contributed by atoms with Crippen LogP contribution in [0.15, 0.2) is 41.1 Å².